The number of nitrogens with zero attached hydrogens (tertiary/aromatic N) is 3. The highest BCUT2D eigenvalue weighted by molar-refractivity contribution is 7.99. The van der Waals surface area contributed by atoms with Crippen LogP contribution in [0, 0.1) is 0 Å². The topological polar surface area (TPSA) is 76.3 Å². The Kier molecular flexibility index (Phi) is 4.44. The van der Waals surface area contributed by atoms with Gasteiger partial charge in [0.2, 0.25) is 17.7 Å². The molecule has 1 aliphatic heterocycles. The summed E-state index contributed by atoms with van der Waals surface area (Å²) in [6.07, 6.45) is 0.621. The fourth-order valence-corrected chi connectivity index (χ4v) is 2.88. The Morgan fingerprint density at radius 2 is 1.82 bits per heavy atom. The maximum atomic E-state index is 11.5. The predicted molar refractivity (Wildman–Crippen MR) is 81.4 cm³/mol. The molecule has 2 amide bonds. The van der Waals surface area contributed by atoms with Crippen LogP contribution in [0.2, 0.25) is 5.02 Å². The van der Waals surface area contributed by atoms with E-state index in [9.17, 15) is 9.59 Å². The number of amides is 2. The van der Waals surface area contributed by atoms with Gasteiger partial charge in [0.25, 0.3) is 5.22 Å². The van der Waals surface area contributed by atoms with Crippen molar-refractivity contribution in [3.8, 4) is 11.5 Å². The zero-order valence-corrected chi connectivity index (χ0v) is 13.1. The maximum absolute atomic E-state index is 11.5. The SMILES string of the molecule is O=C1CCC(=O)N1CCSc1nnc(-c2ccc(Cl)cc2)o1. The first-order chi connectivity index (χ1) is 10.6. The summed E-state index contributed by atoms with van der Waals surface area (Å²) in [5.41, 5.74) is 0.786. The second-order valence-corrected chi connectivity index (χ2v) is 6.15. The molecule has 0 atom stereocenters. The minimum absolute atomic E-state index is 0.113. The van der Waals surface area contributed by atoms with Crippen LogP contribution in [0.15, 0.2) is 33.9 Å². The van der Waals surface area contributed by atoms with Gasteiger partial charge in [-0.3, -0.25) is 14.5 Å². The van der Waals surface area contributed by atoms with Gasteiger partial charge in [0.1, 0.15) is 0 Å². The number of carbonyl (C=O) groups is 2. The summed E-state index contributed by atoms with van der Waals surface area (Å²) in [6.45, 7) is 0.362. The van der Waals surface area contributed by atoms with Gasteiger partial charge in [-0.1, -0.05) is 23.4 Å². The highest BCUT2D eigenvalue weighted by Gasteiger charge is 2.28. The van der Waals surface area contributed by atoms with E-state index in [0.717, 1.165) is 5.56 Å². The molecule has 0 radical (unpaired) electrons. The lowest BCUT2D eigenvalue weighted by molar-refractivity contribution is -0.137. The number of likely N-dealkylation sites (tertiary alicyclic amines) is 1. The molecule has 6 nitrogen and oxygen atoms in total. The second kappa shape index (κ2) is 6.50. The van der Waals surface area contributed by atoms with Crippen molar-refractivity contribution >= 4 is 35.2 Å². The number of imide groups is 1. The molecule has 22 heavy (non-hydrogen) atoms. The van der Waals surface area contributed by atoms with Crippen LogP contribution in [-0.4, -0.2) is 39.2 Å². The zero-order valence-electron chi connectivity index (χ0n) is 11.5. The van der Waals surface area contributed by atoms with E-state index in [4.69, 9.17) is 16.0 Å². The maximum Gasteiger partial charge on any atom is 0.276 e. The summed E-state index contributed by atoms with van der Waals surface area (Å²) in [4.78, 5) is 24.2. The molecule has 114 valence electrons. The van der Waals surface area contributed by atoms with Crippen LogP contribution in [0.25, 0.3) is 11.5 Å². The van der Waals surface area contributed by atoms with E-state index in [1.54, 1.807) is 24.3 Å². The molecule has 0 N–H and O–H groups in total. The summed E-state index contributed by atoms with van der Waals surface area (Å²) < 4.78 is 5.54. The predicted octanol–water partition coefficient (Wildman–Crippen LogP) is 2.63. The second-order valence-electron chi connectivity index (χ2n) is 4.67. The molecule has 1 saturated heterocycles. The van der Waals surface area contributed by atoms with Crippen molar-refractivity contribution < 1.29 is 14.0 Å². The number of thioether (sulfide) groups is 1. The summed E-state index contributed by atoms with van der Waals surface area (Å²) in [5.74, 6) is 0.711. The lowest BCUT2D eigenvalue weighted by Crippen LogP contribution is -2.31. The molecule has 0 aliphatic carbocycles. The van der Waals surface area contributed by atoms with E-state index in [0.29, 0.717) is 41.3 Å². The van der Waals surface area contributed by atoms with Gasteiger partial charge in [-0.2, -0.15) is 0 Å². The molecule has 8 heteroatoms. The third-order valence-electron chi connectivity index (χ3n) is 3.19. The number of hydrogen-bond donors (Lipinski definition) is 0. The quantitative estimate of drug-likeness (QED) is 0.616. The molecule has 2 heterocycles. The van der Waals surface area contributed by atoms with E-state index >= 15 is 0 Å². The minimum Gasteiger partial charge on any atom is -0.411 e. The molecule has 1 aromatic heterocycles. The normalized spacial score (nSPS) is 14.9. The van der Waals surface area contributed by atoms with E-state index in [1.165, 1.54) is 16.7 Å². The summed E-state index contributed by atoms with van der Waals surface area (Å²) in [6, 6.07) is 7.09. The van der Waals surface area contributed by atoms with Crippen LogP contribution in [0.3, 0.4) is 0 Å². The molecule has 0 spiro atoms. The van der Waals surface area contributed by atoms with Crippen molar-refractivity contribution in [1.29, 1.82) is 0 Å². The standard InChI is InChI=1S/C14H12ClN3O3S/c15-10-3-1-9(2-4-10)13-16-17-14(21-13)22-8-7-18-11(19)5-6-12(18)20/h1-4H,5-8H2. The van der Waals surface area contributed by atoms with Crippen molar-refractivity contribution in [3.05, 3.63) is 29.3 Å². The van der Waals surface area contributed by atoms with E-state index < -0.39 is 0 Å². The van der Waals surface area contributed by atoms with Crippen LogP contribution >= 0.6 is 23.4 Å². The number of carbonyl (C=O) groups excluding carboxylic acids is 2. The molecule has 1 fully saturated rings. The molecule has 1 aromatic carbocycles. The number of halogens is 1. The fourth-order valence-electron chi connectivity index (χ4n) is 2.07. The Morgan fingerprint density at radius 3 is 2.50 bits per heavy atom. The Balaban J connectivity index is 1.57. The fraction of sp³-hybridized carbons (Fsp3) is 0.286. The van der Waals surface area contributed by atoms with Gasteiger partial charge in [0.05, 0.1) is 0 Å². The zero-order chi connectivity index (χ0) is 15.5. The lowest BCUT2D eigenvalue weighted by Gasteiger charge is -2.11. The summed E-state index contributed by atoms with van der Waals surface area (Å²) >= 11 is 7.15. The van der Waals surface area contributed by atoms with Crippen molar-refractivity contribution in [1.82, 2.24) is 15.1 Å². The molecule has 0 unspecified atom stereocenters. The molecule has 3 rings (SSSR count). The largest absolute Gasteiger partial charge is 0.411 e. The molecule has 2 aromatic rings. The van der Waals surface area contributed by atoms with E-state index in [1.807, 2.05) is 0 Å². The Morgan fingerprint density at radius 1 is 1.14 bits per heavy atom. The Labute approximate surface area is 135 Å². The van der Waals surface area contributed by atoms with Gasteiger partial charge in [0, 0.05) is 35.7 Å². The van der Waals surface area contributed by atoms with Gasteiger partial charge in [-0.25, -0.2) is 0 Å². The average molecular weight is 338 g/mol. The van der Waals surface area contributed by atoms with Gasteiger partial charge in [-0.15, -0.1) is 10.2 Å². The van der Waals surface area contributed by atoms with Gasteiger partial charge < -0.3 is 4.42 Å². The third kappa shape index (κ3) is 3.31. The number of benzene rings is 1. The Hall–Kier alpha value is -1.86. The first-order valence-corrected chi connectivity index (χ1v) is 8.05. The van der Waals surface area contributed by atoms with Crippen LogP contribution < -0.4 is 0 Å². The van der Waals surface area contributed by atoms with Crippen molar-refractivity contribution in [2.75, 3.05) is 12.3 Å². The number of hydrogen-bond acceptors (Lipinski definition) is 6. The first kappa shape index (κ1) is 15.1. The number of aromatic nitrogens is 2. The molecular weight excluding hydrogens is 326 g/mol. The average Bonchev–Trinajstić information content (AvgIpc) is 3.10. The monoisotopic (exact) mass is 337 g/mol. The van der Waals surface area contributed by atoms with Crippen molar-refractivity contribution in [2.45, 2.75) is 18.1 Å². The Bertz CT molecular complexity index is 686. The highest BCUT2D eigenvalue weighted by Crippen LogP contribution is 2.24. The van der Waals surface area contributed by atoms with Gasteiger partial charge in [0.15, 0.2) is 0 Å². The van der Waals surface area contributed by atoms with Crippen LogP contribution in [0.4, 0.5) is 0 Å². The van der Waals surface area contributed by atoms with Crippen molar-refractivity contribution in [3.63, 3.8) is 0 Å². The molecular formula is C14H12ClN3O3S. The van der Waals surface area contributed by atoms with E-state index in [-0.39, 0.29) is 11.8 Å². The van der Waals surface area contributed by atoms with Gasteiger partial charge in [-0.05, 0) is 24.3 Å². The summed E-state index contributed by atoms with van der Waals surface area (Å²) in [7, 11) is 0. The molecule has 0 bridgehead atoms. The first-order valence-electron chi connectivity index (χ1n) is 6.69. The highest BCUT2D eigenvalue weighted by atomic mass is 35.5. The smallest absolute Gasteiger partial charge is 0.276 e. The summed E-state index contributed by atoms with van der Waals surface area (Å²) in [5, 5.41) is 8.95. The van der Waals surface area contributed by atoms with E-state index in [2.05, 4.69) is 10.2 Å². The third-order valence-corrected chi connectivity index (χ3v) is 4.24. The number of rotatable bonds is 5. The van der Waals surface area contributed by atoms with Crippen molar-refractivity contribution in [2.24, 2.45) is 0 Å². The van der Waals surface area contributed by atoms with Gasteiger partial charge >= 0.3 is 0 Å². The van der Waals surface area contributed by atoms with Crippen LogP contribution in [0.1, 0.15) is 12.8 Å². The minimum atomic E-state index is -0.113. The van der Waals surface area contributed by atoms with Crippen LogP contribution in [0.5, 0.6) is 0 Å². The molecule has 1 aliphatic rings. The molecule has 0 saturated carbocycles. The van der Waals surface area contributed by atoms with Crippen LogP contribution in [-0.2, 0) is 9.59 Å². The lowest BCUT2D eigenvalue weighted by atomic mass is 10.2.